The lowest BCUT2D eigenvalue weighted by molar-refractivity contribution is -0.137. The zero-order valence-corrected chi connectivity index (χ0v) is 12.1. The van der Waals surface area contributed by atoms with Gasteiger partial charge >= 0.3 is 5.97 Å². The molecule has 0 spiro atoms. The average Bonchev–Trinajstić information content (AvgIpc) is 2.70. The van der Waals surface area contributed by atoms with E-state index in [2.05, 4.69) is 15.9 Å². The van der Waals surface area contributed by atoms with Gasteiger partial charge in [-0.1, -0.05) is 27.5 Å². The molecule has 2 rings (SSSR count). The van der Waals surface area contributed by atoms with E-state index in [1.54, 1.807) is 19.1 Å². The molecule has 0 saturated heterocycles. The van der Waals surface area contributed by atoms with Crippen molar-refractivity contribution >= 4 is 33.5 Å². The maximum absolute atomic E-state index is 11.2. The molecule has 18 heavy (non-hydrogen) atoms. The predicted octanol–water partition coefficient (Wildman–Crippen LogP) is 3.53. The first kappa shape index (κ1) is 13.4. The smallest absolute Gasteiger partial charge is 0.330 e. The molecule has 0 N–H and O–H groups in total. The van der Waals surface area contributed by atoms with Crippen molar-refractivity contribution in [1.29, 1.82) is 0 Å². The van der Waals surface area contributed by atoms with Gasteiger partial charge in [-0.2, -0.15) is 0 Å². The predicted molar refractivity (Wildman–Crippen MR) is 73.0 cm³/mol. The van der Waals surface area contributed by atoms with Crippen LogP contribution in [-0.2, 0) is 16.0 Å². The summed E-state index contributed by atoms with van der Waals surface area (Å²) in [5, 5.41) is 0.575. The number of ether oxygens (including phenoxy) is 2. The molecule has 1 atom stereocenters. The number of esters is 1. The molecule has 1 aromatic carbocycles. The van der Waals surface area contributed by atoms with Gasteiger partial charge in [0.05, 0.1) is 11.6 Å². The lowest BCUT2D eigenvalue weighted by Gasteiger charge is -2.05. The molecule has 0 fully saturated rings. The van der Waals surface area contributed by atoms with Gasteiger partial charge in [-0.15, -0.1) is 0 Å². The lowest BCUT2D eigenvalue weighted by Crippen LogP contribution is -2.10. The van der Waals surface area contributed by atoms with Gasteiger partial charge in [0, 0.05) is 22.5 Å². The third kappa shape index (κ3) is 3.06. The van der Waals surface area contributed by atoms with E-state index in [0.29, 0.717) is 23.8 Å². The summed E-state index contributed by atoms with van der Waals surface area (Å²) in [5.41, 5.74) is 1.04. The van der Waals surface area contributed by atoms with Gasteiger partial charge in [0.2, 0.25) is 0 Å². The van der Waals surface area contributed by atoms with Crippen molar-refractivity contribution in [2.24, 2.45) is 0 Å². The van der Waals surface area contributed by atoms with Crippen molar-refractivity contribution in [2.45, 2.75) is 19.4 Å². The zero-order valence-electron chi connectivity index (χ0n) is 9.78. The SMILES string of the molecule is CCOC(=O)C=CC1Cc2cc(Br)cc(Cl)c2O1. The molecule has 0 radical (unpaired) electrons. The lowest BCUT2D eigenvalue weighted by atomic mass is 10.1. The minimum atomic E-state index is -0.357. The van der Waals surface area contributed by atoms with Gasteiger partial charge in [0.15, 0.2) is 0 Å². The van der Waals surface area contributed by atoms with Crippen LogP contribution < -0.4 is 4.74 Å². The Morgan fingerprint density at radius 1 is 1.67 bits per heavy atom. The van der Waals surface area contributed by atoms with Gasteiger partial charge < -0.3 is 9.47 Å². The van der Waals surface area contributed by atoms with Crippen LogP contribution in [0.1, 0.15) is 12.5 Å². The van der Waals surface area contributed by atoms with Crippen LogP contribution >= 0.6 is 27.5 Å². The molecule has 0 aliphatic carbocycles. The molecule has 1 unspecified atom stereocenters. The molecule has 0 bridgehead atoms. The van der Waals surface area contributed by atoms with E-state index < -0.39 is 0 Å². The van der Waals surface area contributed by atoms with Crippen LogP contribution in [0.25, 0.3) is 0 Å². The van der Waals surface area contributed by atoms with E-state index >= 15 is 0 Å². The second kappa shape index (κ2) is 5.76. The Morgan fingerprint density at radius 3 is 3.17 bits per heavy atom. The summed E-state index contributed by atoms with van der Waals surface area (Å²) in [6.07, 6.45) is 3.62. The topological polar surface area (TPSA) is 35.5 Å². The van der Waals surface area contributed by atoms with E-state index in [1.807, 2.05) is 6.07 Å². The highest BCUT2D eigenvalue weighted by Gasteiger charge is 2.23. The number of carbonyl (C=O) groups is 1. The minimum absolute atomic E-state index is 0.170. The molecule has 1 aliphatic heterocycles. The number of benzene rings is 1. The van der Waals surface area contributed by atoms with E-state index in [0.717, 1.165) is 10.0 Å². The zero-order chi connectivity index (χ0) is 13.1. The highest BCUT2D eigenvalue weighted by Crippen LogP contribution is 2.38. The number of halogens is 2. The fourth-order valence-electron chi connectivity index (χ4n) is 1.79. The van der Waals surface area contributed by atoms with E-state index in [1.165, 1.54) is 6.08 Å². The number of carbonyl (C=O) groups excluding carboxylic acids is 1. The van der Waals surface area contributed by atoms with Gasteiger partial charge in [0.25, 0.3) is 0 Å². The first-order valence-corrected chi connectivity index (χ1v) is 6.76. The van der Waals surface area contributed by atoms with Crippen molar-refractivity contribution in [3.8, 4) is 5.75 Å². The molecule has 3 nitrogen and oxygen atoms in total. The van der Waals surface area contributed by atoms with Crippen LogP contribution in [0.4, 0.5) is 0 Å². The highest BCUT2D eigenvalue weighted by molar-refractivity contribution is 9.10. The van der Waals surface area contributed by atoms with Crippen LogP contribution in [0.3, 0.4) is 0 Å². The summed E-state index contributed by atoms with van der Waals surface area (Å²) < 4.78 is 11.4. The van der Waals surface area contributed by atoms with Crippen LogP contribution in [0.15, 0.2) is 28.8 Å². The minimum Gasteiger partial charge on any atom is -0.484 e. The second-order valence-electron chi connectivity index (χ2n) is 3.85. The van der Waals surface area contributed by atoms with Crippen molar-refractivity contribution in [3.63, 3.8) is 0 Å². The molecule has 0 saturated carbocycles. The first-order chi connectivity index (χ1) is 8.60. The summed E-state index contributed by atoms with van der Waals surface area (Å²) in [4.78, 5) is 11.2. The van der Waals surface area contributed by atoms with Gasteiger partial charge in [-0.3, -0.25) is 0 Å². The van der Waals surface area contributed by atoms with Crippen molar-refractivity contribution in [1.82, 2.24) is 0 Å². The van der Waals surface area contributed by atoms with Gasteiger partial charge in [-0.05, 0) is 25.1 Å². The number of fused-ring (bicyclic) bond motifs is 1. The first-order valence-electron chi connectivity index (χ1n) is 5.59. The van der Waals surface area contributed by atoms with Crippen LogP contribution in [-0.4, -0.2) is 18.7 Å². The Bertz CT molecular complexity index is 499. The van der Waals surface area contributed by atoms with Crippen LogP contribution in [0.2, 0.25) is 5.02 Å². The van der Waals surface area contributed by atoms with Crippen molar-refractivity contribution in [3.05, 3.63) is 39.3 Å². The molecule has 1 aliphatic rings. The second-order valence-corrected chi connectivity index (χ2v) is 5.17. The fraction of sp³-hybridized carbons (Fsp3) is 0.308. The third-order valence-corrected chi connectivity index (χ3v) is 3.25. The number of hydrogen-bond donors (Lipinski definition) is 0. The molecular weight excluding hydrogens is 319 g/mol. The molecule has 96 valence electrons. The Kier molecular flexibility index (Phi) is 4.30. The van der Waals surface area contributed by atoms with Crippen LogP contribution in [0.5, 0.6) is 5.75 Å². The molecular formula is C13H12BrClO3. The van der Waals surface area contributed by atoms with Gasteiger partial charge in [0.1, 0.15) is 11.9 Å². The molecule has 0 aromatic heterocycles. The largest absolute Gasteiger partial charge is 0.484 e. The normalized spacial score (nSPS) is 17.6. The molecule has 0 amide bonds. The Labute approximate surface area is 119 Å². The standard InChI is InChI=1S/C13H12BrClO3/c1-2-17-12(16)4-3-10-6-8-5-9(14)7-11(15)13(8)18-10/h3-5,7,10H,2,6H2,1H3. The van der Waals surface area contributed by atoms with Crippen molar-refractivity contribution < 1.29 is 14.3 Å². The van der Waals surface area contributed by atoms with Gasteiger partial charge in [-0.25, -0.2) is 4.79 Å². The molecule has 1 aromatic rings. The Hall–Kier alpha value is -1.00. The Morgan fingerprint density at radius 2 is 2.44 bits per heavy atom. The van der Waals surface area contributed by atoms with E-state index in [-0.39, 0.29) is 12.1 Å². The highest BCUT2D eigenvalue weighted by atomic mass is 79.9. The Balaban J connectivity index is 2.06. The van der Waals surface area contributed by atoms with Crippen LogP contribution in [0, 0.1) is 0 Å². The summed E-state index contributed by atoms with van der Waals surface area (Å²) in [6.45, 7) is 2.14. The third-order valence-electron chi connectivity index (χ3n) is 2.51. The monoisotopic (exact) mass is 330 g/mol. The number of rotatable bonds is 3. The van der Waals surface area contributed by atoms with E-state index in [9.17, 15) is 4.79 Å². The summed E-state index contributed by atoms with van der Waals surface area (Å²) in [7, 11) is 0. The summed E-state index contributed by atoms with van der Waals surface area (Å²) in [5.74, 6) is 0.336. The number of hydrogen-bond acceptors (Lipinski definition) is 3. The van der Waals surface area contributed by atoms with Crippen molar-refractivity contribution in [2.75, 3.05) is 6.61 Å². The maximum Gasteiger partial charge on any atom is 0.330 e. The maximum atomic E-state index is 11.2. The summed E-state index contributed by atoms with van der Waals surface area (Å²) in [6, 6.07) is 3.76. The van der Waals surface area contributed by atoms with E-state index in [4.69, 9.17) is 21.1 Å². The quantitative estimate of drug-likeness (QED) is 0.628. The summed E-state index contributed by atoms with van der Waals surface area (Å²) >= 11 is 9.47. The fourth-order valence-corrected chi connectivity index (χ4v) is 2.71. The molecule has 5 heteroatoms. The molecule has 1 heterocycles. The average molecular weight is 332 g/mol.